The van der Waals surface area contributed by atoms with E-state index in [4.69, 9.17) is 5.73 Å². The summed E-state index contributed by atoms with van der Waals surface area (Å²) in [5, 5.41) is 0. The van der Waals surface area contributed by atoms with Crippen molar-refractivity contribution in [3.63, 3.8) is 0 Å². The molecule has 94 valence electrons. The lowest BCUT2D eigenvalue weighted by Crippen LogP contribution is -2.17. The van der Waals surface area contributed by atoms with E-state index in [-0.39, 0.29) is 5.82 Å². The highest BCUT2D eigenvalue weighted by Crippen LogP contribution is 2.23. The fourth-order valence-corrected chi connectivity index (χ4v) is 1.83. The van der Waals surface area contributed by atoms with Crippen LogP contribution in [0.2, 0.25) is 0 Å². The van der Waals surface area contributed by atoms with Crippen molar-refractivity contribution in [2.24, 2.45) is 5.73 Å². The molecule has 3 nitrogen and oxygen atoms in total. The molecule has 0 aliphatic heterocycles. The van der Waals surface area contributed by atoms with Crippen molar-refractivity contribution < 1.29 is 4.39 Å². The van der Waals surface area contributed by atoms with Crippen molar-refractivity contribution in [2.45, 2.75) is 13.5 Å². The summed E-state index contributed by atoms with van der Waals surface area (Å²) in [5.41, 5.74) is 7.57. The third-order valence-electron chi connectivity index (χ3n) is 2.78. The molecule has 0 aliphatic carbocycles. The first-order valence-corrected chi connectivity index (χ1v) is 5.92. The maximum absolute atomic E-state index is 12.9. The van der Waals surface area contributed by atoms with Gasteiger partial charge in [0.25, 0.3) is 0 Å². The van der Waals surface area contributed by atoms with E-state index >= 15 is 0 Å². The molecule has 0 saturated carbocycles. The number of hydrogen-bond donors (Lipinski definition) is 1. The fourth-order valence-electron chi connectivity index (χ4n) is 1.83. The van der Waals surface area contributed by atoms with E-state index in [1.807, 2.05) is 24.0 Å². The van der Waals surface area contributed by atoms with Crippen LogP contribution in [-0.2, 0) is 6.54 Å². The van der Waals surface area contributed by atoms with Gasteiger partial charge in [0.05, 0.1) is 0 Å². The Kier molecular flexibility index (Phi) is 3.89. The number of halogens is 1. The Hall–Kier alpha value is -1.94. The molecule has 0 spiro atoms. The Morgan fingerprint density at radius 2 is 1.94 bits per heavy atom. The van der Waals surface area contributed by atoms with Gasteiger partial charge in [0.2, 0.25) is 0 Å². The van der Waals surface area contributed by atoms with Gasteiger partial charge < -0.3 is 10.6 Å². The van der Waals surface area contributed by atoms with E-state index in [9.17, 15) is 4.39 Å². The highest BCUT2D eigenvalue weighted by atomic mass is 19.1. The van der Waals surface area contributed by atoms with Crippen molar-refractivity contribution in [1.29, 1.82) is 0 Å². The zero-order valence-electron chi connectivity index (χ0n) is 10.3. The van der Waals surface area contributed by atoms with Gasteiger partial charge in [-0.3, -0.25) is 0 Å². The second-order valence-corrected chi connectivity index (χ2v) is 3.95. The molecule has 0 atom stereocenters. The summed E-state index contributed by atoms with van der Waals surface area (Å²) in [7, 11) is 0. The first-order valence-electron chi connectivity index (χ1n) is 5.92. The molecule has 0 radical (unpaired) electrons. The van der Waals surface area contributed by atoms with Crippen LogP contribution in [0.3, 0.4) is 0 Å². The molecule has 0 amide bonds. The van der Waals surface area contributed by atoms with Crippen LogP contribution >= 0.6 is 0 Å². The molecule has 0 unspecified atom stereocenters. The number of hydrogen-bond acceptors (Lipinski definition) is 3. The zero-order chi connectivity index (χ0) is 13.0. The summed E-state index contributed by atoms with van der Waals surface area (Å²) in [4.78, 5) is 6.35. The van der Waals surface area contributed by atoms with E-state index in [0.717, 1.165) is 23.6 Å². The second kappa shape index (κ2) is 5.60. The van der Waals surface area contributed by atoms with Crippen molar-refractivity contribution >= 4 is 11.5 Å². The minimum absolute atomic E-state index is 0.238. The molecule has 4 heteroatoms. The maximum Gasteiger partial charge on any atom is 0.133 e. The van der Waals surface area contributed by atoms with Crippen LogP contribution in [0.1, 0.15) is 12.5 Å². The highest BCUT2D eigenvalue weighted by molar-refractivity contribution is 5.60. The lowest BCUT2D eigenvalue weighted by molar-refractivity contribution is 0.628. The lowest BCUT2D eigenvalue weighted by atomic mass is 10.2. The Bertz CT molecular complexity index is 511. The summed E-state index contributed by atoms with van der Waals surface area (Å²) in [6.45, 7) is 3.27. The Labute approximate surface area is 106 Å². The Morgan fingerprint density at radius 3 is 2.56 bits per heavy atom. The van der Waals surface area contributed by atoms with Gasteiger partial charge in [-0.2, -0.15) is 0 Å². The van der Waals surface area contributed by atoms with Crippen LogP contribution in [0.15, 0.2) is 42.6 Å². The molecule has 0 fully saturated rings. The standard InChI is InChI=1S/C14H16FN3/c1-2-18(13-5-3-12(15)4-6-13)14-9-11(10-16)7-8-17-14/h3-9H,2,10,16H2,1H3. The molecule has 0 saturated heterocycles. The molecule has 0 aliphatic rings. The van der Waals surface area contributed by atoms with Gasteiger partial charge >= 0.3 is 0 Å². The first-order chi connectivity index (χ1) is 8.74. The smallest absolute Gasteiger partial charge is 0.133 e. The van der Waals surface area contributed by atoms with E-state index in [1.165, 1.54) is 12.1 Å². The van der Waals surface area contributed by atoms with E-state index < -0.39 is 0 Å². The van der Waals surface area contributed by atoms with Crippen LogP contribution in [-0.4, -0.2) is 11.5 Å². The topological polar surface area (TPSA) is 42.1 Å². The Morgan fingerprint density at radius 1 is 1.22 bits per heavy atom. The monoisotopic (exact) mass is 245 g/mol. The first kappa shape index (κ1) is 12.5. The maximum atomic E-state index is 12.9. The highest BCUT2D eigenvalue weighted by Gasteiger charge is 2.08. The molecule has 2 N–H and O–H groups in total. The van der Waals surface area contributed by atoms with E-state index in [1.54, 1.807) is 18.3 Å². The second-order valence-electron chi connectivity index (χ2n) is 3.95. The van der Waals surface area contributed by atoms with E-state index in [2.05, 4.69) is 4.98 Å². The van der Waals surface area contributed by atoms with Gasteiger partial charge in [0.1, 0.15) is 11.6 Å². The van der Waals surface area contributed by atoms with Gasteiger partial charge in [0, 0.05) is 25.0 Å². The average Bonchev–Trinajstić information content (AvgIpc) is 2.42. The van der Waals surface area contributed by atoms with Gasteiger partial charge in [0.15, 0.2) is 0 Å². The Balaban J connectivity index is 2.35. The molecule has 1 aromatic heterocycles. The SMILES string of the molecule is CCN(c1ccc(F)cc1)c1cc(CN)ccn1. The summed E-state index contributed by atoms with van der Waals surface area (Å²) < 4.78 is 12.9. The van der Waals surface area contributed by atoms with Crippen molar-refractivity contribution in [3.8, 4) is 0 Å². The minimum Gasteiger partial charge on any atom is -0.327 e. The largest absolute Gasteiger partial charge is 0.327 e. The predicted octanol–water partition coefficient (Wildman–Crippen LogP) is 2.84. The van der Waals surface area contributed by atoms with Crippen molar-refractivity contribution in [3.05, 3.63) is 54.0 Å². The number of nitrogens with two attached hydrogens (primary N) is 1. The number of pyridine rings is 1. The minimum atomic E-state index is -0.238. The summed E-state index contributed by atoms with van der Waals surface area (Å²) in [6, 6.07) is 10.2. The summed E-state index contributed by atoms with van der Waals surface area (Å²) in [6.07, 6.45) is 1.74. The van der Waals surface area contributed by atoms with Crippen LogP contribution in [0.5, 0.6) is 0 Å². The number of anilines is 2. The molecular weight excluding hydrogens is 229 g/mol. The molecule has 0 bridgehead atoms. The molecule has 2 rings (SSSR count). The van der Waals surface area contributed by atoms with Crippen LogP contribution < -0.4 is 10.6 Å². The van der Waals surface area contributed by atoms with Crippen LogP contribution in [0, 0.1) is 5.82 Å². The average molecular weight is 245 g/mol. The van der Waals surface area contributed by atoms with Gasteiger partial charge in [-0.25, -0.2) is 9.37 Å². The van der Waals surface area contributed by atoms with Gasteiger partial charge in [-0.1, -0.05) is 0 Å². The molecular formula is C14H16FN3. The lowest BCUT2D eigenvalue weighted by Gasteiger charge is -2.22. The van der Waals surface area contributed by atoms with Gasteiger partial charge in [-0.05, 0) is 48.9 Å². The zero-order valence-corrected chi connectivity index (χ0v) is 10.3. The predicted molar refractivity (Wildman–Crippen MR) is 71.2 cm³/mol. The van der Waals surface area contributed by atoms with Crippen molar-refractivity contribution in [1.82, 2.24) is 4.98 Å². The number of benzene rings is 1. The summed E-state index contributed by atoms with van der Waals surface area (Å²) >= 11 is 0. The molecule has 2 aromatic rings. The number of aromatic nitrogens is 1. The fraction of sp³-hybridized carbons (Fsp3) is 0.214. The normalized spacial score (nSPS) is 10.4. The molecule has 1 heterocycles. The number of rotatable bonds is 4. The van der Waals surface area contributed by atoms with Crippen LogP contribution in [0.4, 0.5) is 15.9 Å². The van der Waals surface area contributed by atoms with E-state index in [0.29, 0.717) is 6.54 Å². The third-order valence-corrected chi connectivity index (χ3v) is 2.78. The molecule has 18 heavy (non-hydrogen) atoms. The molecule has 1 aromatic carbocycles. The quantitative estimate of drug-likeness (QED) is 0.900. The summed E-state index contributed by atoms with van der Waals surface area (Å²) in [5.74, 6) is 0.588. The van der Waals surface area contributed by atoms with Crippen molar-refractivity contribution in [2.75, 3.05) is 11.4 Å². The van der Waals surface area contributed by atoms with Crippen LogP contribution in [0.25, 0.3) is 0 Å². The third kappa shape index (κ3) is 2.65. The van der Waals surface area contributed by atoms with Gasteiger partial charge in [-0.15, -0.1) is 0 Å². The number of nitrogens with zero attached hydrogens (tertiary/aromatic N) is 2.